The zero-order valence-electron chi connectivity index (χ0n) is 15.4. The topological polar surface area (TPSA) is 36.1 Å². The third-order valence-electron chi connectivity index (χ3n) is 4.91. The van der Waals surface area contributed by atoms with Crippen LogP contribution in [0.2, 0.25) is 0 Å². The highest BCUT2D eigenvalue weighted by molar-refractivity contribution is 5.98. The van der Waals surface area contributed by atoms with Crippen molar-refractivity contribution >= 4 is 22.5 Å². The number of benzene rings is 3. The highest BCUT2D eigenvalue weighted by Gasteiger charge is 2.19. The molecule has 3 aromatic carbocycles. The van der Waals surface area contributed by atoms with Gasteiger partial charge in [0, 0.05) is 22.3 Å². The zero-order chi connectivity index (χ0) is 18.6. The van der Waals surface area contributed by atoms with Gasteiger partial charge < -0.3 is 9.88 Å². The standard InChI is InChI=1S/C24H22N2O/c1-18-22(21-14-8-9-15-23(21)25-18)16-24(27)26(20-12-6-3-7-13-20)17-19-10-4-2-5-11-19/h2-15,25H,16-17H2,1H3. The van der Waals surface area contributed by atoms with Gasteiger partial charge in [0.25, 0.3) is 0 Å². The molecule has 27 heavy (non-hydrogen) atoms. The van der Waals surface area contributed by atoms with Crippen LogP contribution < -0.4 is 4.90 Å². The van der Waals surface area contributed by atoms with Crippen molar-refractivity contribution in [3.63, 3.8) is 0 Å². The quantitative estimate of drug-likeness (QED) is 0.522. The summed E-state index contributed by atoms with van der Waals surface area (Å²) in [4.78, 5) is 18.6. The Morgan fingerprint density at radius 2 is 1.48 bits per heavy atom. The molecular weight excluding hydrogens is 332 g/mol. The third kappa shape index (κ3) is 3.63. The number of aromatic nitrogens is 1. The SMILES string of the molecule is Cc1[nH]c2ccccc2c1CC(=O)N(Cc1ccccc1)c1ccccc1. The molecule has 0 aliphatic rings. The molecule has 1 heterocycles. The van der Waals surface area contributed by atoms with Crippen molar-refractivity contribution in [3.05, 3.63) is 102 Å². The lowest BCUT2D eigenvalue weighted by Crippen LogP contribution is -2.31. The molecule has 0 spiro atoms. The Kier molecular flexibility index (Phi) is 4.75. The molecule has 1 aromatic heterocycles. The van der Waals surface area contributed by atoms with Gasteiger partial charge in [-0.25, -0.2) is 0 Å². The Labute approximate surface area is 159 Å². The van der Waals surface area contributed by atoms with Crippen LogP contribution in [0.5, 0.6) is 0 Å². The van der Waals surface area contributed by atoms with E-state index in [2.05, 4.69) is 29.2 Å². The number of rotatable bonds is 5. The van der Waals surface area contributed by atoms with Crippen LogP contribution in [0, 0.1) is 6.92 Å². The number of amides is 1. The first kappa shape index (κ1) is 17.1. The van der Waals surface area contributed by atoms with Crippen molar-refractivity contribution in [3.8, 4) is 0 Å². The predicted octanol–water partition coefficient (Wildman–Crippen LogP) is 5.25. The minimum atomic E-state index is 0.0953. The number of aryl methyl sites for hydroxylation is 1. The molecule has 0 aliphatic carbocycles. The van der Waals surface area contributed by atoms with Crippen molar-refractivity contribution in [2.45, 2.75) is 19.9 Å². The Morgan fingerprint density at radius 1 is 0.852 bits per heavy atom. The van der Waals surface area contributed by atoms with Gasteiger partial charge in [0.15, 0.2) is 0 Å². The van der Waals surface area contributed by atoms with Gasteiger partial charge in [-0.2, -0.15) is 0 Å². The number of anilines is 1. The van der Waals surface area contributed by atoms with E-state index in [4.69, 9.17) is 0 Å². The van der Waals surface area contributed by atoms with E-state index in [1.165, 1.54) is 0 Å². The molecule has 0 bridgehead atoms. The van der Waals surface area contributed by atoms with Crippen molar-refractivity contribution in [2.24, 2.45) is 0 Å². The first-order valence-corrected chi connectivity index (χ1v) is 9.18. The summed E-state index contributed by atoms with van der Waals surface area (Å²) in [6.07, 6.45) is 0.373. The number of carbonyl (C=O) groups is 1. The fourth-order valence-electron chi connectivity index (χ4n) is 3.51. The Balaban J connectivity index is 1.67. The first-order valence-electron chi connectivity index (χ1n) is 9.18. The molecule has 3 heteroatoms. The number of nitrogens with one attached hydrogen (secondary N) is 1. The van der Waals surface area contributed by atoms with Crippen molar-refractivity contribution in [1.82, 2.24) is 4.98 Å². The minimum absolute atomic E-state index is 0.0953. The zero-order valence-corrected chi connectivity index (χ0v) is 15.4. The largest absolute Gasteiger partial charge is 0.358 e. The van der Waals surface area contributed by atoms with Gasteiger partial charge in [-0.1, -0.05) is 66.7 Å². The lowest BCUT2D eigenvalue weighted by molar-refractivity contribution is -0.118. The number of para-hydroxylation sites is 2. The minimum Gasteiger partial charge on any atom is -0.358 e. The van der Waals surface area contributed by atoms with Crippen LogP contribution in [-0.4, -0.2) is 10.9 Å². The van der Waals surface area contributed by atoms with Crippen molar-refractivity contribution in [2.75, 3.05) is 4.90 Å². The second kappa shape index (κ2) is 7.50. The van der Waals surface area contributed by atoms with Crippen molar-refractivity contribution in [1.29, 1.82) is 0 Å². The second-order valence-corrected chi connectivity index (χ2v) is 6.75. The Morgan fingerprint density at radius 3 is 2.22 bits per heavy atom. The molecule has 4 aromatic rings. The number of nitrogens with zero attached hydrogens (tertiary/aromatic N) is 1. The summed E-state index contributed by atoms with van der Waals surface area (Å²) >= 11 is 0. The second-order valence-electron chi connectivity index (χ2n) is 6.75. The van der Waals surface area contributed by atoms with Crippen LogP contribution in [-0.2, 0) is 17.8 Å². The molecule has 0 atom stereocenters. The summed E-state index contributed by atoms with van der Waals surface area (Å²) in [6.45, 7) is 2.59. The van der Waals surface area contributed by atoms with Gasteiger partial charge in [0.2, 0.25) is 5.91 Å². The molecule has 1 amide bonds. The van der Waals surface area contributed by atoms with Gasteiger partial charge in [-0.05, 0) is 36.2 Å². The number of hydrogen-bond donors (Lipinski definition) is 1. The number of fused-ring (bicyclic) bond motifs is 1. The van der Waals surface area contributed by atoms with Crippen LogP contribution in [0.3, 0.4) is 0 Å². The van der Waals surface area contributed by atoms with Gasteiger partial charge in [0.05, 0.1) is 13.0 Å². The first-order chi connectivity index (χ1) is 13.2. The fraction of sp³-hybridized carbons (Fsp3) is 0.125. The molecule has 0 saturated heterocycles. The van der Waals surface area contributed by atoms with E-state index in [0.717, 1.165) is 33.4 Å². The molecule has 0 aliphatic heterocycles. The van der Waals surface area contributed by atoms with Crippen LogP contribution in [0.25, 0.3) is 10.9 Å². The molecule has 0 fully saturated rings. The molecule has 3 nitrogen and oxygen atoms in total. The number of carbonyl (C=O) groups excluding carboxylic acids is 1. The molecule has 134 valence electrons. The van der Waals surface area contributed by atoms with Crippen LogP contribution in [0.4, 0.5) is 5.69 Å². The van der Waals surface area contributed by atoms with E-state index in [-0.39, 0.29) is 5.91 Å². The maximum absolute atomic E-state index is 13.3. The van der Waals surface area contributed by atoms with Gasteiger partial charge in [-0.15, -0.1) is 0 Å². The van der Waals surface area contributed by atoms with Crippen LogP contribution in [0.15, 0.2) is 84.9 Å². The Hall–Kier alpha value is -3.33. The molecule has 0 radical (unpaired) electrons. The monoisotopic (exact) mass is 354 g/mol. The summed E-state index contributed by atoms with van der Waals surface area (Å²) in [6, 6.07) is 28.2. The van der Waals surface area contributed by atoms with E-state index in [9.17, 15) is 4.79 Å². The normalized spacial score (nSPS) is 10.9. The average molecular weight is 354 g/mol. The molecule has 1 N–H and O–H groups in total. The van der Waals surface area contributed by atoms with E-state index < -0.39 is 0 Å². The molecule has 0 saturated carbocycles. The van der Waals surface area contributed by atoms with Gasteiger partial charge >= 0.3 is 0 Å². The summed E-state index contributed by atoms with van der Waals surface area (Å²) in [5.74, 6) is 0.0953. The van der Waals surface area contributed by atoms with Crippen LogP contribution >= 0.6 is 0 Å². The molecule has 0 unspecified atom stereocenters. The molecular formula is C24H22N2O. The Bertz CT molecular complexity index is 1050. The van der Waals surface area contributed by atoms with Crippen molar-refractivity contribution < 1.29 is 4.79 Å². The number of H-pyrrole nitrogens is 1. The smallest absolute Gasteiger partial charge is 0.231 e. The lowest BCUT2D eigenvalue weighted by atomic mass is 10.1. The van der Waals surface area contributed by atoms with E-state index in [1.807, 2.05) is 72.5 Å². The average Bonchev–Trinajstić information content (AvgIpc) is 3.03. The third-order valence-corrected chi connectivity index (χ3v) is 4.91. The number of hydrogen-bond acceptors (Lipinski definition) is 1. The van der Waals surface area contributed by atoms with Crippen LogP contribution in [0.1, 0.15) is 16.8 Å². The van der Waals surface area contributed by atoms with E-state index in [0.29, 0.717) is 13.0 Å². The summed E-state index contributed by atoms with van der Waals surface area (Å²) < 4.78 is 0. The fourth-order valence-corrected chi connectivity index (χ4v) is 3.51. The summed E-state index contributed by atoms with van der Waals surface area (Å²) in [7, 11) is 0. The predicted molar refractivity (Wildman–Crippen MR) is 111 cm³/mol. The van der Waals surface area contributed by atoms with Gasteiger partial charge in [0.1, 0.15) is 0 Å². The van der Waals surface area contributed by atoms with Gasteiger partial charge in [-0.3, -0.25) is 4.79 Å². The van der Waals surface area contributed by atoms with E-state index in [1.54, 1.807) is 0 Å². The maximum atomic E-state index is 13.3. The van der Waals surface area contributed by atoms with E-state index >= 15 is 0 Å². The lowest BCUT2D eigenvalue weighted by Gasteiger charge is -2.23. The summed E-state index contributed by atoms with van der Waals surface area (Å²) in [5.41, 5.74) is 5.24. The maximum Gasteiger partial charge on any atom is 0.231 e. The summed E-state index contributed by atoms with van der Waals surface area (Å²) in [5, 5.41) is 1.12. The number of aromatic amines is 1. The molecule has 4 rings (SSSR count). The highest BCUT2D eigenvalue weighted by atomic mass is 16.2. The highest BCUT2D eigenvalue weighted by Crippen LogP contribution is 2.25.